The van der Waals surface area contributed by atoms with Gasteiger partial charge in [-0.1, -0.05) is 59.0 Å². The monoisotopic (exact) mass is 675 g/mol. The third-order valence-corrected chi connectivity index (χ3v) is 12.5. The molecule has 0 aliphatic carbocycles. The highest BCUT2D eigenvalue weighted by Gasteiger charge is 2.44. The van der Waals surface area contributed by atoms with Crippen molar-refractivity contribution in [1.29, 1.82) is 0 Å². The quantitative estimate of drug-likeness (QED) is 0.210. The van der Waals surface area contributed by atoms with Crippen LogP contribution < -0.4 is 4.89 Å². The van der Waals surface area contributed by atoms with E-state index in [1.807, 2.05) is 9.79 Å². The molecule has 3 fully saturated rings. The van der Waals surface area contributed by atoms with Gasteiger partial charge >= 0.3 is 0 Å². The van der Waals surface area contributed by atoms with Gasteiger partial charge in [0.2, 0.25) is 0 Å². The number of rotatable bonds is 9. The number of sulfonamides is 1. The van der Waals surface area contributed by atoms with E-state index in [2.05, 4.69) is 75.8 Å². The molecule has 7 rings (SSSR count). The Morgan fingerprint density at radius 2 is 1.66 bits per heavy atom. The number of aryl methyl sites for hydroxylation is 1. The molecule has 4 heterocycles. The third kappa shape index (κ3) is 6.10. The number of carbonyl (C=O) groups is 1. The molecule has 0 radical (unpaired) electrons. The van der Waals surface area contributed by atoms with E-state index >= 15 is 0 Å². The second-order valence-corrected chi connectivity index (χ2v) is 15.4. The number of nitrogens with one attached hydrogen (secondary N) is 1. The number of halogens is 1. The van der Waals surface area contributed by atoms with Crippen LogP contribution in [0, 0.1) is 6.92 Å². The highest BCUT2D eigenvalue weighted by molar-refractivity contribution is 7.89. The zero-order chi connectivity index (χ0) is 32.8. The van der Waals surface area contributed by atoms with Gasteiger partial charge in [-0.3, -0.25) is 14.5 Å². The van der Waals surface area contributed by atoms with Gasteiger partial charge in [0.05, 0.1) is 33.6 Å². The van der Waals surface area contributed by atoms with Gasteiger partial charge in [-0.2, -0.15) is 0 Å². The maximum atomic E-state index is 13.7. The van der Waals surface area contributed by atoms with Crippen molar-refractivity contribution in [3.63, 3.8) is 0 Å². The summed E-state index contributed by atoms with van der Waals surface area (Å²) in [6.45, 7) is 4.31. The van der Waals surface area contributed by atoms with E-state index in [1.165, 1.54) is 49.2 Å². The van der Waals surface area contributed by atoms with Crippen LogP contribution in [0.5, 0.6) is 0 Å². The molecule has 1 N–H and O–H groups in total. The highest BCUT2D eigenvalue weighted by Crippen LogP contribution is 2.45. The van der Waals surface area contributed by atoms with Crippen LogP contribution in [0.1, 0.15) is 72.7 Å². The SMILES string of the molecule is CONS(=O)(=O)c1ccc(Cl)c(C(=O)N2CCC(CCN3[C@@H]4CC[C@H]3CC(n3c(C)nc5ccccc53)C4)(c3ccccc3)CC2)c1. The Morgan fingerprint density at radius 3 is 2.36 bits per heavy atom. The number of imidazole rings is 1. The van der Waals surface area contributed by atoms with E-state index in [1.54, 1.807) is 0 Å². The molecule has 2 bridgehead atoms. The van der Waals surface area contributed by atoms with Crippen LogP contribution in [0.2, 0.25) is 5.02 Å². The number of hydrogen-bond acceptors (Lipinski definition) is 6. The second-order valence-electron chi connectivity index (χ2n) is 13.4. The fraction of sp³-hybridized carbons (Fsp3) is 0.444. The van der Waals surface area contributed by atoms with Crippen molar-refractivity contribution in [2.75, 3.05) is 26.7 Å². The predicted molar refractivity (Wildman–Crippen MR) is 183 cm³/mol. The third-order valence-electron chi connectivity index (χ3n) is 10.9. The summed E-state index contributed by atoms with van der Waals surface area (Å²) in [7, 11) is -2.70. The topological polar surface area (TPSA) is 96.8 Å². The molecule has 9 nitrogen and oxygen atoms in total. The first-order valence-electron chi connectivity index (χ1n) is 16.6. The predicted octanol–water partition coefficient (Wildman–Crippen LogP) is 6.27. The minimum Gasteiger partial charge on any atom is -0.339 e. The highest BCUT2D eigenvalue weighted by atomic mass is 35.5. The molecule has 0 spiro atoms. The van der Waals surface area contributed by atoms with Gasteiger partial charge in [-0.25, -0.2) is 13.4 Å². The van der Waals surface area contributed by atoms with Crippen LogP contribution >= 0.6 is 11.6 Å². The number of aromatic nitrogens is 2. The Bertz CT molecular complexity index is 1860. The second kappa shape index (κ2) is 13.0. The van der Waals surface area contributed by atoms with Crippen LogP contribution in [-0.2, 0) is 20.3 Å². The molecule has 1 unspecified atom stereocenters. The number of benzene rings is 3. The summed E-state index contributed by atoms with van der Waals surface area (Å²) in [6.07, 6.45) is 7.46. The minimum absolute atomic E-state index is 0.0527. The van der Waals surface area contributed by atoms with Crippen molar-refractivity contribution < 1.29 is 18.0 Å². The lowest BCUT2D eigenvalue weighted by Gasteiger charge is -2.45. The normalized spacial score (nSPS) is 23.0. The summed E-state index contributed by atoms with van der Waals surface area (Å²) >= 11 is 6.43. The molecule has 3 aliphatic heterocycles. The molecule has 3 atom stereocenters. The number of amides is 1. The summed E-state index contributed by atoms with van der Waals surface area (Å²) in [5.74, 6) is 0.850. The fourth-order valence-corrected chi connectivity index (χ4v) is 9.60. The Balaban J connectivity index is 1.06. The number of likely N-dealkylation sites (tertiary alicyclic amines) is 1. The minimum atomic E-state index is -3.93. The number of fused-ring (bicyclic) bond motifs is 3. The van der Waals surface area contributed by atoms with Gasteiger partial charge in [0, 0.05) is 31.2 Å². The van der Waals surface area contributed by atoms with Crippen molar-refractivity contribution in [3.05, 3.63) is 94.8 Å². The molecule has 3 saturated heterocycles. The summed E-state index contributed by atoms with van der Waals surface area (Å²) in [5.41, 5.74) is 3.78. The van der Waals surface area contributed by atoms with Crippen LogP contribution in [0.3, 0.4) is 0 Å². The first-order chi connectivity index (χ1) is 22.7. The first-order valence-corrected chi connectivity index (χ1v) is 18.4. The van der Waals surface area contributed by atoms with Gasteiger partial charge < -0.3 is 9.47 Å². The van der Waals surface area contributed by atoms with Gasteiger partial charge in [-0.15, -0.1) is 0 Å². The van der Waals surface area contributed by atoms with Gasteiger partial charge in [0.15, 0.2) is 0 Å². The summed E-state index contributed by atoms with van der Waals surface area (Å²) in [6, 6.07) is 25.0. The molecule has 47 heavy (non-hydrogen) atoms. The molecule has 4 aromatic rings. The van der Waals surface area contributed by atoms with Gasteiger partial charge in [0.25, 0.3) is 15.9 Å². The number of para-hydroxylation sites is 2. The number of hydrogen-bond donors (Lipinski definition) is 1. The van der Waals surface area contributed by atoms with Crippen molar-refractivity contribution in [3.8, 4) is 0 Å². The average Bonchev–Trinajstić information content (AvgIpc) is 3.54. The molecule has 1 aromatic heterocycles. The molecule has 3 aromatic carbocycles. The van der Waals surface area contributed by atoms with Crippen LogP contribution in [-0.4, -0.2) is 72.5 Å². The largest absolute Gasteiger partial charge is 0.339 e. The van der Waals surface area contributed by atoms with Crippen LogP contribution in [0.25, 0.3) is 11.0 Å². The standard InChI is InChI=1S/C36H42ClN5O4S/c1-25-38-33-10-6-7-11-34(33)42(25)29-22-27-12-13-28(23-29)41(27)21-18-36(26-8-4-3-5-9-26)16-19-40(20-17-36)35(43)31-24-30(14-15-32(31)37)47(44,45)39-46-2/h3-11,14-15,24,27-29,39H,12-13,16-23H2,1-2H3/t27-,28+,29?. The summed E-state index contributed by atoms with van der Waals surface area (Å²) in [5, 5.41) is 0.226. The van der Waals surface area contributed by atoms with E-state index in [0.29, 0.717) is 31.2 Å². The lowest BCUT2D eigenvalue weighted by atomic mass is 9.70. The molecular weight excluding hydrogens is 634 g/mol. The Morgan fingerprint density at radius 1 is 0.979 bits per heavy atom. The maximum Gasteiger partial charge on any atom is 0.262 e. The first kappa shape index (κ1) is 32.3. The van der Waals surface area contributed by atoms with Gasteiger partial charge in [-0.05, 0) is 99.7 Å². The Kier molecular flexibility index (Phi) is 8.91. The lowest BCUT2D eigenvalue weighted by molar-refractivity contribution is 0.0607. The summed E-state index contributed by atoms with van der Waals surface area (Å²) < 4.78 is 27.5. The summed E-state index contributed by atoms with van der Waals surface area (Å²) in [4.78, 5) is 29.7. The molecular formula is C36H42ClN5O4S. The molecule has 11 heteroatoms. The number of piperidine rings is 2. The molecule has 3 aliphatic rings. The Labute approximate surface area is 281 Å². The van der Waals surface area contributed by atoms with E-state index in [-0.39, 0.29) is 26.8 Å². The van der Waals surface area contributed by atoms with Crippen molar-refractivity contribution in [2.45, 2.75) is 80.3 Å². The Hall–Kier alpha value is -3.28. The van der Waals surface area contributed by atoms with E-state index < -0.39 is 10.0 Å². The van der Waals surface area contributed by atoms with Crippen molar-refractivity contribution >= 4 is 38.6 Å². The number of carbonyl (C=O) groups excluding carboxylic acids is 1. The molecule has 0 saturated carbocycles. The van der Waals surface area contributed by atoms with E-state index in [4.69, 9.17) is 16.6 Å². The van der Waals surface area contributed by atoms with Crippen molar-refractivity contribution in [1.82, 2.24) is 24.2 Å². The lowest BCUT2D eigenvalue weighted by Crippen LogP contribution is -2.49. The molecule has 1 amide bonds. The fourth-order valence-electron chi connectivity index (χ4n) is 8.57. The van der Waals surface area contributed by atoms with Gasteiger partial charge in [0.1, 0.15) is 5.82 Å². The van der Waals surface area contributed by atoms with E-state index in [9.17, 15) is 13.2 Å². The average molecular weight is 676 g/mol. The van der Waals surface area contributed by atoms with Crippen LogP contribution in [0.4, 0.5) is 0 Å². The van der Waals surface area contributed by atoms with Crippen LogP contribution in [0.15, 0.2) is 77.7 Å². The zero-order valence-electron chi connectivity index (χ0n) is 26.9. The smallest absolute Gasteiger partial charge is 0.262 e. The maximum absolute atomic E-state index is 13.7. The zero-order valence-corrected chi connectivity index (χ0v) is 28.5. The number of nitrogens with zero attached hydrogens (tertiary/aromatic N) is 4. The molecule has 248 valence electrons. The van der Waals surface area contributed by atoms with Crippen molar-refractivity contribution in [2.24, 2.45) is 0 Å². The van der Waals surface area contributed by atoms with E-state index in [0.717, 1.165) is 50.0 Å².